The zero-order chi connectivity index (χ0) is 12.7. The van der Waals surface area contributed by atoms with Crippen molar-refractivity contribution in [2.24, 2.45) is 0 Å². The van der Waals surface area contributed by atoms with Crippen LogP contribution in [0.2, 0.25) is 0 Å². The summed E-state index contributed by atoms with van der Waals surface area (Å²) >= 11 is 1.33. The lowest BCUT2D eigenvalue weighted by Gasteiger charge is -1.96. The van der Waals surface area contributed by atoms with Gasteiger partial charge in [0.2, 0.25) is 0 Å². The van der Waals surface area contributed by atoms with E-state index in [0.717, 1.165) is 4.88 Å². The third-order valence-electron chi connectivity index (χ3n) is 1.90. The molecule has 1 aromatic rings. The fraction of sp³-hybridized carbons (Fsp3) is 0.333. The molecule has 0 unspecified atom stereocenters. The number of hydrogen-bond acceptors (Lipinski definition) is 5. The SMILES string of the molecule is CCOC(=O)c1ccc(C=CCC(=O)OC)s1. The minimum Gasteiger partial charge on any atom is -0.469 e. The molecule has 0 bridgehead atoms. The Bertz CT molecular complexity index is 420. The van der Waals surface area contributed by atoms with Gasteiger partial charge in [-0.2, -0.15) is 0 Å². The van der Waals surface area contributed by atoms with Crippen molar-refractivity contribution in [2.75, 3.05) is 13.7 Å². The van der Waals surface area contributed by atoms with Gasteiger partial charge in [0.1, 0.15) is 4.88 Å². The number of carbonyl (C=O) groups is 2. The topological polar surface area (TPSA) is 52.6 Å². The van der Waals surface area contributed by atoms with E-state index in [1.807, 2.05) is 6.07 Å². The molecule has 0 amide bonds. The first-order valence-electron chi connectivity index (χ1n) is 5.17. The molecule has 0 atom stereocenters. The summed E-state index contributed by atoms with van der Waals surface area (Å²) in [6, 6.07) is 3.52. The number of methoxy groups -OCH3 is 1. The van der Waals surface area contributed by atoms with Gasteiger partial charge in [0.15, 0.2) is 0 Å². The third-order valence-corrected chi connectivity index (χ3v) is 2.93. The van der Waals surface area contributed by atoms with Gasteiger partial charge in [0.05, 0.1) is 20.1 Å². The molecule has 0 saturated carbocycles. The van der Waals surface area contributed by atoms with Crippen molar-refractivity contribution in [3.8, 4) is 0 Å². The van der Waals surface area contributed by atoms with Crippen LogP contribution in [-0.2, 0) is 14.3 Å². The Morgan fingerprint density at radius 3 is 2.82 bits per heavy atom. The lowest BCUT2D eigenvalue weighted by Crippen LogP contribution is -2.01. The van der Waals surface area contributed by atoms with E-state index in [9.17, 15) is 9.59 Å². The fourth-order valence-electron chi connectivity index (χ4n) is 1.11. The minimum absolute atomic E-state index is 0.225. The van der Waals surface area contributed by atoms with E-state index in [-0.39, 0.29) is 18.4 Å². The highest BCUT2D eigenvalue weighted by molar-refractivity contribution is 7.14. The molecule has 0 N–H and O–H groups in total. The molecule has 0 fully saturated rings. The first-order chi connectivity index (χ1) is 8.17. The minimum atomic E-state index is -0.315. The van der Waals surface area contributed by atoms with E-state index >= 15 is 0 Å². The second-order valence-corrected chi connectivity index (χ2v) is 4.22. The molecule has 92 valence electrons. The summed E-state index contributed by atoms with van der Waals surface area (Å²) < 4.78 is 9.38. The van der Waals surface area contributed by atoms with E-state index in [0.29, 0.717) is 11.5 Å². The molecule has 0 aromatic carbocycles. The molecule has 17 heavy (non-hydrogen) atoms. The monoisotopic (exact) mass is 254 g/mol. The molecule has 1 heterocycles. The maximum absolute atomic E-state index is 11.4. The normalized spacial score (nSPS) is 10.5. The van der Waals surface area contributed by atoms with Crippen LogP contribution in [-0.4, -0.2) is 25.7 Å². The lowest BCUT2D eigenvalue weighted by atomic mass is 10.3. The first kappa shape index (κ1) is 13.4. The summed E-state index contributed by atoms with van der Waals surface area (Å²) in [5.74, 6) is -0.603. The highest BCUT2D eigenvalue weighted by Crippen LogP contribution is 2.19. The number of hydrogen-bond donors (Lipinski definition) is 0. The van der Waals surface area contributed by atoms with Crippen LogP contribution < -0.4 is 0 Å². The predicted octanol–water partition coefficient (Wildman–Crippen LogP) is 2.50. The van der Waals surface area contributed by atoms with E-state index in [4.69, 9.17) is 4.74 Å². The van der Waals surface area contributed by atoms with Gasteiger partial charge in [-0.05, 0) is 25.1 Å². The number of esters is 2. The molecule has 0 radical (unpaired) electrons. The zero-order valence-corrected chi connectivity index (χ0v) is 10.6. The Balaban J connectivity index is 2.56. The van der Waals surface area contributed by atoms with Crippen molar-refractivity contribution >= 4 is 29.4 Å². The van der Waals surface area contributed by atoms with Crippen molar-refractivity contribution in [1.29, 1.82) is 0 Å². The van der Waals surface area contributed by atoms with E-state index < -0.39 is 0 Å². The molecule has 0 spiro atoms. The summed E-state index contributed by atoms with van der Waals surface area (Å²) in [5, 5.41) is 0. The van der Waals surface area contributed by atoms with Crippen molar-refractivity contribution in [1.82, 2.24) is 0 Å². The molecule has 5 heteroatoms. The van der Waals surface area contributed by atoms with Gasteiger partial charge in [0, 0.05) is 4.88 Å². The van der Waals surface area contributed by atoms with Crippen molar-refractivity contribution in [3.05, 3.63) is 28.0 Å². The second kappa shape index (κ2) is 6.85. The Hall–Kier alpha value is -1.62. The molecule has 1 aromatic heterocycles. The molecule has 0 aliphatic rings. The standard InChI is InChI=1S/C12H14O4S/c1-3-16-12(14)10-8-7-9(17-10)5-4-6-11(13)15-2/h4-5,7-8H,3,6H2,1-2H3. The van der Waals surface area contributed by atoms with Gasteiger partial charge in [-0.15, -0.1) is 11.3 Å². The quantitative estimate of drug-likeness (QED) is 0.757. The molecule has 0 aliphatic heterocycles. The Kier molecular flexibility index (Phi) is 5.42. The van der Waals surface area contributed by atoms with Crippen LogP contribution in [0.5, 0.6) is 0 Å². The smallest absolute Gasteiger partial charge is 0.348 e. The summed E-state index contributed by atoms with van der Waals surface area (Å²) in [7, 11) is 1.35. The lowest BCUT2D eigenvalue weighted by molar-refractivity contribution is -0.139. The summed E-state index contributed by atoms with van der Waals surface area (Å²) in [6.07, 6.45) is 3.71. The van der Waals surface area contributed by atoms with Gasteiger partial charge >= 0.3 is 11.9 Å². The predicted molar refractivity (Wildman–Crippen MR) is 65.9 cm³/mol. The van der Waals surface area contributed by atoms with Crippen molar-refractivity contribution in [3.63, 3.8) is 0 Å². The molecular formula is C12H14O4S. The van der Waals surface area contributed by atoms with Gasteiger partial charge in [-0.25, -0.2) is 4.79 Å². The molecule has 0 saturated heterocycles. The maximum atomic E-state index is 11.4. The Morgan fingerprint density at radius 2 is 2.18 bits per heavy atom. The Labute approximate surface area is 104 Å². The van der Waals surface area contributed by atoms with Crippen LogP contribution >= 0.6 is 11.3 Å². The molecule has 4 nitrogen and oxygen atoms in total. The number of carbonyl (C=O) groups excluding carboxylic acids is 2. The zero-order valence-electron chi connectivity index (χ0n) is 9.76. The Morgan fingerprint density at radius 1 is 1.41 bits per heavy atom. The third kappa shape index (κ3) is 4.40. The molecular weight excluding hydrogens is 240 g/mol. The van der Waals surface area contributed by atoms with Crippen LogP contribution in [0.3, 0.4) is 0 Å². The van der Waals surface area contributed by atoms with E-state index in [2.05, 4.69) is 4.74 Å². The van der Waals surface area contributed by atoms with Gasteiger partial charge in [-0.1, -0.05) is 6.08 Å². The van der Waals surface area contributed by atoms with Crippen LogP contribution in [0.15, 0.2) is 18.2 Å². The van der Waals surface area contributed by atoms with Crippen LogP contribution in [0, 0.1) is 0 Å². The second-order valence-electron chi connectivity index (χ2n) is 3.11. The summed E-state index contributed by atoms with van der Waals surface area (Å²) in [6.45, 7) is 2.13. The van der Waals surface area contributed by atoms with Crippen LogP contribution in [0.25, 0.3) is 6.08 Å². The highest BCUT2D eigenvalue weighted by Gasteiger charge is 2.08. The molecule has 0 aliphatic carbocycles. The van der Waals surface area contributed by atoms with E-state index in [1.54, 1.807) is 25.1 Å². The highest BCUT2D eigenvalue weighted by atomic mass is 32.1. The summed E-state index contributed by atoms with van der Waals surface area (Å²) in [5.41, 5.74) is 0. The van der Waals surface area contributed by atoms with Crippen molar-refractivity contribution in [2.45, 2.75) is 13.3 Å². The largest absolute Gasteiger partial charge is 0.469 e. The van der Waals surface area contributed by atoms with Gasteiger partial charge in [-0.3, -0.25) is 4.79 Å². The number of rotatable bonds is 5. The first-order valence-corrected chi connectivity index (χ1v) is 5.99. The average molecular weight is 254 g/mol. The van der Waals surface area contributed by atoms with Crippen LogP contribution in [0.4, 0.5) is 0 Å². The van der Waals surface area contributed by atoms with Crippen LogP contribution in [0.1, 0.15) is 27.9 Å². The number of ether oxygens (including phenoxy) is 2. The fourth-order valence-corrected chi connectivity index (χ4v) is 1.94. The average Bonchev–Trinajstić information content (AvgIpc) is 2.78. The van der Waals surface area contributed by atoms with E-state index in [1.165, 1.54) is 18.4 Å². The van der Waals surface area contributed by atoms with Gasteiger partial charge in [0.25, 0.3) is 0 Å². The van der Waals surface area contributed by atoms with Gasteiger partial charge < -0.3 is 9.47 Å². The van der Waals surface area contributed by atoms with Crippen molar-refractivity contribution < 1.29 is 19.1 Å². The molecule has 1 rings (SSSR count). The number of thiophene rings is 1. The summed E-state index contributed by atoms with van der Waals surface area (Å²) in [4.78, 5) is 23.7. The maximum Gasteiger partial charge on any atom is 0.348 e.